The Morgan fingerprint density at radius 3 is 2.46 bits per heavy atom. The van der Waals surface area contributed by atoms with Crippen molar-refractivity contribution in [3.63, 3.8) is 0 Å². The quantitative estimate of drug-likeness (QED) is 0.920. The number of fused-ring (bicyclic) bond motifs is 1. The van der Waals surface area contributed by atoms with Crippen LogP contribution in [0, 0.1) is 13.8 Å². The second kappa shape index (κ2) is 6.57. The topological polar surface area (TPSA) is 55.4 Å². The summed E-state index contributed by atoms with van der Waals surface area (Å²) in [6.07, 6.45) is 2.82. The fourth-order valence-electron chi connectivity index (χ4n) is 3.57. The number of methoxy groups -OCH3 is 1. The van der Waals surface area contributed by atoms with Crippen molar-refractivity contribution in [2.75, 3.05) is 7.11 Å². The molecule has 1 aliphatic rings. The SMILES string of the molecule is COc1cc(C)c(S(=O)(=O)N[C@@H]2CCCc3ccccc32)c(C)c1. The highest BCUT2D eigenvalue weighted by atomic mass is 32.2. The molecule has 0 radical (unpaired) electrons. The highest BCUT2D eigenvalue weighted by Gasteiger charge is 2.27. The number of ether oxygens (including phenoxy) is 1. The van der Waals surface area contributed by atoms with E-state index in [-0.39, 0.29) is 6.04 Å². The summed E-state index contributed by atoms with van der Waals surface area (Å²) in [4.78, 5) is 0.353. The van der Waals surface area contributed by atoms with E-state index in [1.165, 1.54) is 5.56 Å². The molecule has 1 aliphatic carbocycles. The third-order valence-corrected chi connectivity index (χ3v) is 6.38. The zero-order valence-corrected chi connectivity index (χ0v) is 15.1. The van der Waals surface area contributed by atoms with Crippen LogP contribution in [0.15, 0.2) is 41.3 Å². The van der Waals surface area contributed by atoms with Gasteiger partial charge in [-0.2, -0.15) is 0 Å². The van der Waals surface area contributed by atoms with Gasteiger partial charge in [-0.1, -0.05) is 24.3 Å². The third kappa shape index (κ3) is 3.19. The Morgan fingerprint density at radius 2 is 1.79 bits per heavy atom. The Bertz CT molecular complexity index is 836. The van der Waals surface area contributed by atoms with E-state index in [1.807, 2.05) is 18.2 Å². The number of rotatable bonds is 4. The molecule has 1 atom stereocenters. The molecule has 3 rings (SSSR count). The van der Waals surface area contributed by atoms with Crippen LogP contribution in [0.3, 0.4) is 0 Å². The lowest BCUT2D eigenvalue weighted by atomic mass is 9.88. The van der Waals surface area contributed by atoms with E-state index >= 15 is 0 Å². The molecular weight excluding hydrogens is 322 g/mol. The van der Waals surface area contributed by atoms with Crippen LogP contribution in [0.2, 0.25) is 0 Å². The molecule has 5 heteroatoms. The molecule has 0 bridgehead atoms. The highest BCUT2D eigenvalue weighted by molar-refractivity contribution is 7.89. The Labute approximate surface area is 143 Å². The minimum atomic E-state index is -3.59. The number of hydrogen-bond acceptors (Lipinski definition) is 3. The molecule has 0 heterocycles. The van der Waals surface area contributed by atoms with Crippen molar-refractivity contribution in [2.45, 2.75) is 44.0 Å². The molecule has 2 aromatic rings. The first-order valence-electron chi connectivity index (χ1n) is 8.18. The lowest BCUT2D eigenvalue weighted by Gasteiger charge is -2.27. The van der Waals surface area contributed by atoms with Crippen molar-refractivity contribution in [2.24, 2.45) is 0 Å². The summed E-state index contributed by atoms with van der Waals surface area (Å²) < 4.78 is 34.1. The summed E-state index contributed by atoms with van der Waals surface area (Å²) in [6, 6.07) is 11.4. The minimum Gasteiger partial charge on any atom is -0.497 e. The van der Waals surface area contributed by atoms with E-state index in [4.69, 9.17) is 4.74 Å². The van der Waals surface area contributed by atoms with Crippen LogP contribution in [0.4, 0.5) is 0 Å². The monoisotopic (exact) mass is 345 g/mol. The first-order chi connectivity index (χ1) is 11.4. The maximum absolute atomic E-state index is 13.0. The van der Waals surface area contributed by atoms with Crippen LogP contribution in [0.25, 0.3) is 0 Å². The summed E-state index contributed by atoms with van der Waals surface area (Å²) in [5, 5.41) is 0. The average Bonchev–Trinajstić information content (AvgIpc) is 2.54. The molecule has 1 N–H and O–H groups in total. The highest BCUT2D eigenvalue weighted by Crippen LogP contribution is 2.32. The van der Waals surface area contributed by atoms with E-state index in [2.05, 4.69) is 10.8 Å². The fourth-order valence-corrected chi connectivity index (χ4v) is 5.28. The van der Waals surface area contributed by atoms with Crippen molar-refractivity contribution in [3.05, 3.63) is 58.7 Å². The minimum absolute atomic E-state index is 0.166. The lowest BCUT2D eigenvalue weighted by Crippen LogP contribution is -2.32. The smallest absolute Gasteiger partial charge is 0.241 e. The predicted octanol–water partition coefficient (Wildman–Crippen LogP) is 3.67. The van der Waals surface area contributed by atoms with Gasteiger partial charge in [0.05, 0.1) is 12.0 Å². The summed E-state index contributed by atoms with van der Waals surface area (Å²) in [5.74, 6) is 0.673. The molecule has 128 valence electrons. The zero-order chi connectivity index (χ0) is 17.3. The van der Waals surface area contributed by atoms with Gasteiger partial charge in [-0.05, 0) is 67.5 Å². The maximum Gasteiger partial charge on any atom is 0.241 e. The molecule has 24 heavy (non-hydrogen) atoms. The average molecular weight is 345 g/mol. The van der Waals surface area contributed by atoms with Crippen molar-refractivity contribution in [1.29, 1.82) is 0 Å². The fraction of sp³-hybridized carbons (Fsp3) is 0.368. The van der Waals surface area contributed by atoms with Crippen LogP contribution in [0.1, 0.15) is 41.1 Å². The van der Waals surface area contributed by atoms with Crippen molar-refractivity contribution >= 4 is 10.0 Å². The van der Waals surface area contributed by atoms with Gasteiger partial charge in [-0.15, -0.1) is 0 Å². The second-order valence-corrected chi connectivity index (χ2v) is 8.01. The first-order valence-corrected chi connectivity index (χ1v) is 9.66. The molecular formula is C19H23NO3S. The van der Waals surface area contributed by atoms with Crippen LogP contribution < -0.4 is 9.46 Å². The predicted molar refractivity (Wildman–Crippen MR) is 94.9 cm³/mol. The van der Waals surface area contributed by atoms with Gasteiger partial charge in [-0.25, -0.2) is 13.1 Å². The van der Waals surface area contributed by atoms with Crippen LogP contribution in [-0.2, 0) is 16.4 Å². The van der Waals surface area contributed by atoms with E-state index in [1.54, 1.807) is 33.1 Å². The van der Waals surface area contributed by atoms with E-state index in [0.29, 0.717) is 21.8 Å². The zero-order valence-electron chi connectivity index (χ0n) is 14.3. The van der Waals surface area contributed by atoms with Crippen molar-refractivity contribution < 1.29 is 13.2 Å². The Morgan fingerprint density at radius 1 is 1.12 bits per heavy atom. The Hall–Kier alpha value is -1.85. The molecule has 2 aromatic carbocycles. The molecule has 0 fully saturated rings. The third-order valence-electron chi connectivity index (χ3n) is 4.61. The van der Waals surface area contributed by atoms with Gasteiger partial charge in [0.25, 0.3) is 0 Å². The summed E-state index contributed by atoms with van der Waals surface area (Å²) in [7, 11) is -2.01. The number of nitrogens with one attached hydrogen (secondary N) is 1. The van der Waals surface area contributed by atoms with Gasteiger partial charge in [-0.3, -0.25) is 0 Å². The Kier molecular flexibility index (Phi) is 4.65. The van der Waals surface area contributed by atoms with Crippen LogP contribution in [0.5, 0.6) is 5.75 Å². The molecule has 4 nitrogen and oxygen atoms in total. The second-order valence-electron chi connectivity index (χ2n) is 6.36. The van der Waals surface area contributed by atoms with E-state index < -0.39 is 10.0 Å². The number of benzene rings is 2. The van der Waals surface area contributed by atoms with Crippen molar-refractivity contribution in [1.82, 2.24) is 4.72 Å². The van der Waals surface area contributed by atoms with Gasteiger partial charge in [0.15, 0.2) is 0 Å². The molecule has 0 amide bonds. The molecule has 0 saturated heterocycles. The largest absolute Gasteiger partial charge is 0.497 e. The Balaban J connectivity index is 1.96. The van der Waals surface area contributed by atoms with Gasteiger partial charge >= 0.3 is 0 Å². The summed E-state index contributed by atoms with van der Waals surface area (Å²) in [5.41, 5.74) is 3.72. The first kappa shape index (κ1) is 17.0. The van der Waals surface area contributed by atoms with E-state index in [9.17, 15) is 8.42 Å². The number of sulfonamides is 1. The van der Waals surface area contributed by atoms with Crippen molar-refractivity contribution in [3.8, 4) is 5.75 Å². The van der Waals surface area contributed by atoms with E-state index in [0.717, 1.165) is 24.8 Å². The number of aryl methyl sites for hydroxylation is 3. The molecule has 0 aromatic heterocycles. The standard InChI is InChI=1S/C19H23NO3S/c1-13-11-16(23-3)12-14(2)19(13)24(21,22)20-18-10-6-8-15-7-4-5-9-17(15)18/h4-5,7,9,11-12,18,20H,6,8,10H2,1-3H3/t18-/m1/s1. The van der Waals surface area contributed by atoms with Crippen LogP contribution >= 0.6 is 0 Å². The van der Waals surface area contributed by atoms with Crippen LogP contribution in [-0.4, -0.2) is 15.5 Å². The van der Waals surface area contributed by atoms with Gasteiger partial charge in [0.1, 0.15) is 5.75 Å². The normalized spacial score (nSPS) is 17.4. The summed E-state index contributed by atoms with van der Waals surface area (Å²) >= 11 is 0. The molecule has 0 saturated carbocycles. The lowest BCUT2D eigenvalue weighted by molar-refractivity contribution is 0.413. The molecule has 0 unspecified atom stereocenters. The molecule has 0 spiro atoms. The van der Waals surface area contributed by atoms with Gasteiger partial charge in [0.2, 0.25) is 10.0 Å². The molecule has 0 aliphatic heterocycles. The van der Waals surface area contributed by atoms with Gasteiger partial charge < -0.3 is 4.74 Å². The number of hydrogen-bond donors (Lipinski definition) is 1. The maximum atomic E-state index is 13.0. The van der Waals surface area contributed by atoms with Gasteiger partial charge in [0, 0.05) is 6.04 Å². The summed E-state index contributed by atoms with van der Waals surface area (Å²) in [6.45, 7) is 3.61.